The lowest BCUT2D eigenvalue weighted by atomic mass is 10.1. The Morgan fingerprint density at radius 3 is 2.43 bits per heavy atom. The molecular weight excluding hydrogens is 337 g/mol. The summed E-state index contributed by atoms with van der Waals surface area (Å²) >= 11 is 12.0. The van der Waals surface area contributed by atoms with Gasteiger partial charge >= 0.3 is 6.03 Å². The molecule has 0 aliphatic rings. The Morgan fingerprint density at radius 2 is 1.83 bits per heavy atom. The third-order valence-electron chi connectivity index (χ3n) is 3.28. The van der Waals surface area contributed by atoms with E-state index in [1.807, 2.05) is 30.3 Å². The number of quaternary nitrogens is 1. The van der Waals surface area contributed by atoms with Gasteiger partial charge in [-0.3, -0.25) is 10.1 Å². The maximum absolute atomic E-state index is 12.2. The van der Waals surface area contributed by atoms with Gasteiger partial charge in [0.25, 0.3) is 5.91 Å². The van der Waals surface area contributed by atoms with Crippen molar-refractivity contribution in [2.45, 2.75) is 12.6 Å². The zero-order valence-electron chi connectivity index (χ0n) is 12.1. The summed E-state index contributed by atoms with van der Waals surface area (Å²) in [6.07, 6.45) is 0. The van der Waals surface area contributed by atoms with Crippen molar-refractivity contribution in [3.63, 3.8) is 0 Å². The van der Waals surface area contributed by atoms with Crippen LogP contribution in [0.4, 0.5) is 4.79 Å². The number of benzene rings is 2. The molecular formula is C16H16Cl2N3O2+. The molecule has 0 unspecified atom stereocenters. The average molecular weight is 353 g/mol. The van der Waals surface area contributed by atoms with Gasteiger partial charge < -0.3 is 11.1 Å². The fourth-order valence-electron chi connectivity index (χ4n) is 2.19. The van der Waals surface area contributed by atoms with E-state index < -0.39 is 18.0 Å². The summed E-state index contributed by atoms with van der Waals surface area (Å²) in [5, 5.41) is 4.97. The molecule has 3 amide bonds. The highest BCUT2D eigenvalue weighted by Crippen LogP contribution is 2.20. The van der Waals surface area contributed by atoms with E-state index in [1.54, 1.807) is 23.5 Å². The molecule has 2 aromatic carbocycles. The Hall–Kier alpha value is -2.08. The second-order valence-electron chi connectivity index (χ2n) is 4.92. The van der Waals surface area contributed by atoms with Crippen molar-refractivity contribution in [2.75, 3.05) is 0 Å². The maximum Gasteiger partial charge on any atom is 0.319 e. The summed E-state index contributed by atoms with van der Waals surface area (Å²) < 4.78 is 0. The van der Waals surface area contributed by atoms with Crippen LogP contribution in [0.2, 0.25) is 10.0 Å². The number of carbonyl (C=O) groups is 2. The zero-order valence-corrected chi connectivity index (χ0v) is 13.6. The predicted octanol–water partition coefficient (Wildman–Crippen LogP) is 1.99. The fraction of sp³-hybridized carbons (Fsp3) is 0.125. The van der Waals surface area contributed by atoms with Gasteiger partial charge in [-0.15, -0.1) is 0 Å². The van der Waals surface area contributed by atoms with Crippen LogP contribution in [0.15, 0.2) is 48.5 Å². The predicted molar refractivity (Wildman–Crippen MR) is 89.0 cm³/mol. The highest BCUT2D eigenvalue weighted by Gasteiger charge is 2.25. The van der Waals surface area contributed by atoms with Crippen LogP contribution < -0.4 is 16.4 Å². The standard InChI is InChI=1S/C16H15Cl2N3O2/c17-12-7-6-11(13(18)8-12)9-20-14(15(22)21-16(19)23)10-4-2-1-3-5-10/h1-8,14,20H,9H2,(H3,19,21,22,23)/p+1/t14-/m1/s1. The molecule has 5 nitrogen and oxygen atoms in total. The largest absolute Gasteiger partial charge is 0.351 e. The number of halogens is 2. The van der Waals surface area contributed by atoms with Crippen molar-refractivity contribution in [3.8, 4) is 0 Å². The number of rotatable bonds is 5. The first kappa shape index (κ1) is 17.3. The lowest BCUT2D eigenvalue weighted by molar-refractivity contribution is -0.698. The molecule has 7 heteroatoms. The van der Waals surface area contributed by atoms with Crippen molar-refractivity contribution in [2.24, 2.45) is 5.73 Å². The molecule has 0 saturated carbocycles. The third-order valence-corrected chi connectivity index (χ3v) is 3.86. The van der Waals surface area contributed by atoms with Crippen LogP contribution in [0.3, 0.4) is 0 Å². The smallest absolute Gasteiger partial charge is 0.319 e. The highest BCUT2D eigenvalue weighted by atomic mass is 35.5. The summed E-state index contributed by atoms with van der Waals surface area (Å²) in [6, 6.07) is 12.8. The van der Waals surface area contributed by atoms with Crippen LogP contribution in [-0.2, 0) is 11.3 Å². The molecule has 120 valence electrons. The Labute approximate surface area is 143 Å². The van der Waals surface area contributed by atoms with Crippen molar-refractivity contribution < 1.29 is 14.9 Å². The lowest BCUT2D eigenvalue weighted by Gasteiger charge is -2.15. The minimum absolute atomic E-state index is 0.446. The Balaban J connectivity index is 2.17. The van der Waals surface area contributed by atoms with E-state index in [0.29, 0.717) is 16.6 Å². The van der Waals surface area contributed by atoms with Gasteiger partial charge in [0, 0.05) is 16.1 Å². The first-order valence-electron chi connectivity index (χ1n) is 6.90. The number of hydrogen-bond donors (Lipinski definition) is 3. The Morgan fingerprint density at radius 1 is 1.13 bits per heavy atom. The molecule has 5 N–H and O–H groups in total. The van der Waals surface area contributed by atoms with Gasteiger partial charge in [0.1, 0.15) is 6.54 Å². The normalized spacial score (nSPS) is 11.7. The van der Waals surface area contributed by atoms with E-state index in [2.05, 4.69) is 5.32 Å². The van der Waals surface area contributed by atoms with Gasteiger partial charge in [-0.25, -0.2) is 4.79 Å². The number of amides is 3. The van der Waals surface area contributed by atoms with E-state index in [0.717, 1.165) is 11.1 Å². The molecule has 1 atom stereocenters. The van der Waals surface area contributed by atoms with E-state index >= 15 is 0 Å². The number of imide groups is 1. The molecule has 0 heterocycles. The summed E-state index contributed by atoms with van der Waals surface area (Å²) in [5.41, 5.74) is 6.63. The molecule has 23 heavy (non-hydrogen) atoms. The van der Waals surface area contributed by atoms with E-state index in [9.17, 15) is 9.59 Å². The number of primary amides is 1. The number of hydrogen-bond acceptors (Lipinski definition) is 2. The van der Waals surface area contributed by atoms with Gasteiger partial charge in [0.2, 0.25) is 0 Å². The monoisotopic (exact) mass is 352 g/mol. The van der Waals surface area contributed by atoms with Crippen LogP contribution in [0.25, 0.3) is 0 Å². The van der Waals surface area contributed by atoms with E-state index in [1.165, 1.54) is 0 Å². The molecule has 0 fully saturated rings. The molecule has 0 bridgehead atoms. The number of carbonyl (C=O) groups excluding carboxylic acids is 2. The fourth-order valence-corrected chi connectivity index (χ4v) is 2.67. The number of nitrogens with two attached hydrogens (primary N) is 2. The van der Waals surface area contributed by atoms with Crippen LogP contribution in [0.5, 0.6) is 0 Å². The molecule has 2 aromatic rings. The summed E-state index contributed by atoms with van der Waals surface area (Å²) in [7, 11) is 0. The minimum Gasteiger partial charge on any atom is -0.351 e. The zero-order chi connectivity index (χ0) is 16.8. The number of nitrogens with one attached hydrogen (secondary N) is 1. The van der Waals surface area contributed by atoms with Crippen molar-refractivity contribution >= 4 is 35.1 Å². The van der Waals surface area contributed by atoms with Crippen LogP contribution in [0.1, 0.15) is 17.2 Å². The minimum atomic E-state index is -0.881. The molecule has 0 saturated heterocycles. The summed E-state index contributed by atoms with van der Waals surface area (Å²) in [5.74, 6) is -0.478. The van der Waals surface area contributed by atoms with Crippen molar-refractivity contribution in [1.82, 2.24) is 5.32 Å². The second kappa shape index (κ2) is 7.97. The first-order valence-corrected chi connectivity index (χ1v) is 7.65. The van der Waals surface area contributed by atoms with Crippen LogP contribution in [-0.4, -0.2) is 11.9 Å². The molecule has 0 aromatic heterocycles. The van der Waals surface area contributed by atoms with Gasteiger partial charge in [-0.1, -0.05) is 59.6 Å². The lowest BCUT2D eigenvalue weighted by Crippen LogP contribution is -2.86. The molecule has 0 aliphatic heterocycles. The quantitative estimate of drug-likeness (QED) is 0.768. The maximum atomic E-state index is 12.2. The van der Waals surface area contributed by atoms with Crippen LogP contribution >= 0.6 is 23.2 Å². The van der Waals surface area contributed by atoms with E-state index in [4.69, 9.17) is 28.9 Å². The van der Waals surface area contributed by atoms with Gasteiger partial charge in [-0.05, 0) is 12.1 Å². The highest BCUT2D eigenvalue weighted by molar-refractivity contribution is 6.35. The average Bonchev–Trinajstić information content (AvgIpc) is 2.50. The van der Waals surface area contributed by atoms with Crippen molar-refractivity contribution in [3.05, 3.63) is 69.7 Å². The molecule has 0 radical (unpaired) electrons. The topological polar surface area (TPSA) is 88.8 Å². The van der Waals surface area contributed by atoms with Crippen molar-refractivity contribution in [1.29, 1.82) is 0 Å². The number of urea groups is 1. The summed E-state index contributed by atoms with van der Waals surface area (Å²) in [4.78, 5) is 23.2. The van der Waals surface area contributed by atoms with Gasteiger partial charge in [0.05, 0.1) is 5.02 Å². The molecule has 2 rings (SSSR count). The second-order valence-corrected chi connectivity index (χ2v) is 5.76. The first-order chi connectivity index (χ1) is 11.0. The summed E-state index contributed by atoms with van der Waals surface area (Å²) in [6.45, 7) is 0.446. The van der Waals surface area contributed by atoms with E-state index in [-0.39, 0.29) is 0 Å². The molecule has 0 spiro atoms. The van der Waals surface area contributed by atoms with Gasteiger partial charge in [-0.2, -0.15) is 0 Å². The Bertz CT molecular complexity index is 708. The van der Waals surface area contributed by atoms with Gasteiger partial charge in [0.15, 0.2) is 6.04 Å². The van der Waals surface area contributed by atoms with Crippen LogP contribution in [0, 0.1) is 0 Å². The SMILES string of the molecule is NC(=O)NC(=O)[C@H]([NH2+]Cc1ccc(Cl)cc1Cl)c1ccccc1. The third kappa shape index (κ3) is 4.96. The Kier molecular flexibility index (Phi) is 5.98. The molecule has 0 aliphatic carbocycles.